The molecule has 0 aliphatic heterocycles. The van der Waals surface area contributed by atoms with Crippen LogP contribution >= 0.6 is 23.2 Å². The van der Waals surface area contributed by atoms with E-state index >= 15 is 0 Å². The molecule has 25 heavy (non-hydrogen) atoms. The number of amides is 1. The molecule has 8 heteroatoms. The predicted octanol–water partition coefficient (Wildman–Crippen LogP) is 4.20. The monoisotopic (exact) mass is 398 g/mol. The lowest BCUT2D eigenvalue weighted by Crippen LogP contribution is -2.29. The van der Waals surface area contributed by atoms with Crippen LogP contribution in [0.5, 0.6) is 0 Å². The number of nitrogens with zero attached hydrogens (tertiary/aromatic N) is 1. The van der Waals surface area contributed by atoms with Crippen LogP contribution in [0.15, 0.2) is 55.1 Å². The maximum Gasteiger partial charge on any atom is 0.255 e. The maximum absolute atomic E-state index is 12.3. The van der Waals surface area contributed by atoms with Crippen molar-refractivity contribution in [1.29, 1.82) is 0 Å². The van der Waals surface area contributed by atoms with E-state index in [2.05, 4.69) is 11.9 Å². The Balaban J connectivity index is 2.22. The lowest BCUT2D eigenvalue weighted by molar-refractivity contribution is 0.102. The number of rotatable bonds is 6. The van der Waals surface area contributed by atoms with Gasteiger partial charge in [0.1, 0.15) is 0 Å². The van der Waals surface area contributed by atoms with E-state index < -0.39 is 10.0 Å². The average molecular weight is 399 g/mol. The fourth-order valence-corrected chi connectivity index (χ4v) is 3.33. The molecule has 0 bridgehead atoms. The molecule has 0 saturated carbocycles. The van der Waals surface area contributed by atoms with Crippen LogP contribution in [0, 0.1) is 0 Å². The molecule has 1 N–H and O–H groups in total. The second-order valence-electron chi connectivity index (χ2n) is 5.21. The Morgan fingerprint density at radius 1 is 1.20 bits per heavy atom. The molecular weight excluding hydrogens is 383 g/mol. The lowest BCUT2D eigenvalue weighted by atomic mass is 10.2. The first-order valence-corrected chi connectivity index (χ1v) is 9.78. The van der Waals surface area contributed by atoms with E-state index in [1.165, 1.54) is 22.5 Å². The van der Waals surface area contributed by atoms with Gasteiger partial charge >= 0.3 is 0 Å². The van der Waals surface area contributed by atoms with Crippen molar-refractivity contribution in [3.8, 4) is 0 Å². The molecule has 0 aromatic heterocycles. The summed E-state index contributed by atoms with van der Waals surface area (Å²) in [5, 5.41) is 3.48. The van der Waals surface area contributed by atoms with E-state index in [0.29, 0.717) is 27.0 Å². The van der Waals surface area contributed by atoms with Crippen LogP contribution in [-0.2, 0) is 10.0 Å². The fourth-order valence-electron chi connectivity index (χ4n) is 2.12. The third-order valence-electron chi connectivity index (χ3n) is 3.29. The Hall–Kier alpha value is -2.02. The lowest BCUT2D eigenvalue weighted by Gasteiger charge is -2.20. The van der Waals surface area contributed by atoms with Gasteiger partial charge in [-0.3, -0.25) is 9.10 Å². The molecule has 0 aliphatic rings. The summed E-state index contributed by atoms with van der Waals surface area (Å²) in [6.45, 7) is 3.70. The van der Waals surface area contributed by atoms with E-state index in [1.54, 1.807) is 30.3 Å². The number of hydrogen-bond donors (Lipinski definition) is 1. The standard InChI is InChI=1S/C17H16Cl2N2O3S/c1-3-10-21(25(2,23)24)14-7-4-12(5-8-14)17(22)20-16-11-13(18)6-9-15(16)19/h3-9,11H,1,10H2,2H3,(H,20,22). The van der Waals surface area contributed by atoms with Crippen molar-refractivity contribution in [3.05, 3.63) is 70.7 Å². The Kier molecular flexibility index (Phi) is 6.11. The average Bonchev–Trinajstić information content (AvgIpc) is 2.55. The molecule has 0 aliphatic carbocycles. The van der Waals surface area contributed by atoms with Crippen molar-refractivity contribution >= 4 is 50.5 Å². The number of halogens is 2. The molecule has 5 nitrogen and oxygen atoms in total. The zero-order valence-electron chi connectivity index (χ0n) is 13.4. The maximum atomic E-state index is 12.3. The van der Waals surface area contributed by atoms with Crippen molar-refractivity contribution in [1.82, 2.24) is 0 Å². The number of carbonyl (C=O) groups excluding carboxylic acids is 1. The van der Waals surface area contributed by atoms with Crippen molar-refractivity contribution < 1.29 is 13.2 Å². The minimum absolute atomic E-state index is 0.141. The van der Waals surface area contributed by atoms with Crippen LogP contribution in [0.25, 0.3) is 0 Å². The summed E-state index contributed by atoms with van der Waals surface area (Å²) in [6, 6.07) is 10.9. The number of benzene rings is 2. The van der Waals surface area contributed by atoms with Gasteiger partial charge in [-0.15, -0.1) is 6.58 Å². The minimum Gasteiger partial charge on any atom is -0.321 e. The summed E-state index contributed by atoms with van der Waals surface area (Å²) < 4.78 is 24.8. The molecule has 2 aromatic rings. The van der Waals surface area contributed by atoms with Crippen LogP contribution in [0.1, 0.15) is 10.4 Å². The first kappa shape index (κ1) is 19.3. The summed E-state index contributed by atoms with van der Waals surface area (Å²) >= 11 is 11.9. The van der Waals surface area contributed by atoms with E-state index in [4.69, 9.17) is 23.2 Å². The van der Waals surface area contributed by atoms with Gasteiger partial charge in [0.15, 0.2) is 0 Å². The van der Waals surface area contributed by atoms with Crippen LogP contribution in [0.3, 0.4) is 0 Å². The van der Waals surface area contributed by atoms with Gasteiger partial charge in [0, 0.05) is 10.6 Å². The Bertz CT molecular complexity index is 897. The van der Waals surface area contributed by atoms with Gasteiger partial charge in [-0.25, -0.2) is 8.42 Å². The van der Waals surface area contributed by atoms with Gasteiger partial charge in [0.2, 0.25) is 10.0 Å². The summed E-state index contributed by atoms with van der Waals surface area (Å²) in [4.78, 5) is 12.3. The third-order valence-corrected chi connectivity index (χ3v) is 5.01. The zero-order valence-corrected chi connectivity index (χ0v) is 15.7. The largest absolute Gasteiger partial charge is 0.321 e. The highest BCUT2D eigenvalue weighted by atomic mass is 35.5. The molecule has 0 radical (unpaired) electrons. The summed E-state index contributed by atoms with van der Waals surface area (Å²) in [6.07, 6.45) is 2.60. The molecule has 0 atom stereocenters. The number of carbonyl (C=O) groups is 1. The van der Waals surface area contributed by atoms with Crippen molar-refractivity contribution in [2.75, 3.05) is 22.4 Å². The smallest absolute Gasteiger partial charge is 0.255 e. The summed E-state index contributed by atoms with van der Waals surface area (Å²) in [5.41, 5.74) is 1.19. The van der Waals surface area contributed by atoms with Gasteiger partial charge in [-0.05, 0) is 42.5 Å². The first-order valence-electron chi connectivity index (χ1n) is 7.17. The van der Waals surface area contributed by atoms with Crippen molar-refractivity contribution in [2.45, 2.75) is 0 Å². The van der Waals surface area contributed by atoms with Gasteiger partial charge in [-0.2, -0.15) is 0 Å². The summed E-state index contributed by atoms with van der Waals surface area (Å²) in [7, 11) is -3.44. The Morgan fingerprint density at radius 2 is 1.84 bits per heavy atom. The molecule has 0 fully saturated rings. The molecule has 0 unspecified atom stereocenters. The van der Waals surface area contributed by atoms with Gasteiger partial charge in [-0.1, -0.05) is 29.3 Å². The normalized spacial score (nSPS) is 11.0. The molecule has 132 valence electrons. The molecule has 2 aromatic carbocycles. The van der Waals surface area contributed by atoms with Crippen molar-refractivity contribution in [2.24, 2.45) is 0 Å². The first-order chi connectivity index (χ1) is 11.7. The Morgan fingerprint density at radius 3 is 2.40 bits per heavy atom. The molecular formula is C17H16Cl2N2O3S. The van der Waals surface area contributed by atoms with Gasteiger partial charge < -0.3 is 5.32 Å². The van der Waals surface area contributed by atoms with E-state index in [-0.39, 0.29) is 12.5 Å². The number of anilines is 2. The molecule has 0 spiro atoms. The fraction of sp³-hybridized carbons (Fsp3) is 0.118. The SMILES string of the molecule is C=CCN(c1ccc(C(=O)Nc2cc(Cl)ccc2Cl)cc1)S(C)(=O)=O. The van der Waals surface area contributed by atoms with Gasteiger partial charge in [0.25, 0.3) is 5.91 Å². The van der Waals surface area contributed by atoms with E-state index in [9.17, 15) is 13.2 Å². The quantitative estimate of drug-likeness (QED) is 0.741. The predicted molar refractivity (Wildman–Crippen MR) is 103 cm³/mol. The van der Waals surface area contributed by atoms with Gasteiger partial charge in [0.05, 0.1) is 29.2 Å². The highest BCUT2D eigenvalue weighted by molar-refractivity contribution is 7.92. The van der Waals surface area contributed by atoms with Crippen LogP contribution in [0.4, 0.5) is 11.4 Å². The number of nitrogens with one attached hydrogen (secondary N) is 1. The third kappa shape index (κ3) is 4.98. The second-order valence-corrected chi connectivity index (χ2v) is 7.96. The summed E-state index contributed by atoms with van der Waals surface area (Å²) in [5.74, 6) is -0.384. The Labute approximate surface area is 156 Å². The van der Waals surface area contributed by atoms with E-state index in [0.717, 1.165) is 6.26 Å². The van der Waals surface area contributed by atoms with Crippen LogP contribution in [0.2, 0.25) is 10.0 Å². The molecule has 1 amide bonds. The van der Waals surface area contributed by atoms with Crippen LogP contribution in [-0.4, -0.2) is 27.1 Å². The molecule has 0 heterocycles. The topological polar surface area (TPSA) is 66.5 Å². The minimum atomic E-state index is -3.44. The highest BCUT2D eigenvalue weighted by Crippen LogP contribution is 2.26. The molecule has 0 saturated heterocycles. The number of sulfonamides is 1. The van der Waals surface area contributed by atoms with E-state index in [1.807, 2.05) is 0 Å². The van der Waals surface area contributed by atoms with Crippen molar-refractivity contribution in [3.63, 3.8) is 0 Å². The highest BCUT2D eigenvalue weighted by Gasteiger charge is 2.16. The van der Waals surface area contributed by atoms with Crippen LogP contribution < -0.4 is 9.62 Å². The zero-order chi connectivity index (χ0) is 18.6. The second kappa shape index (κ2) is 7.91. The number of hydrogen-bond acceptors (Lipinski definition) is 3. The molecule has 2 rings (SSSR count).